The number of hydrogen-bond donors (Lipinski definition) is 1. The van der Waals surface area contributed by atoms with Crippen molar-refractivity contribution < 1.29 is 13.2 Å². The van der Waals surface area contributed by atoms with Gasteiger partial charge >= 0.3 is 0 Å². The Labute approximate surface area is 115 Å². The number of hydrogen-bond acceptors (Lipinski definition) is 2. The standard InChI is InChI=1S/C12H9BrF3NS/c1-17-12(9-2-3-10(13)18-9)11-7(15)4-6(14)5-8(11)16/h2-5,12,17H,1H3. The summed E-state index contributed by atoms with van der Waals surface area (Å²) in [6.45, 7) is 0. The van der Waals surface area contributed by atoms with Crippen LogP contribution in [0.25, 0.3) is 0 Å². The van der Waals surface area contributed by atoms with Crippen molar-refractivity contribution in [1.82, 2.24) is 5.32 Å². The van der Waals surface area contributed by atoms with Crippen LogP contribution in [0.15, 0.2) is 28.1 Å². The topological polar surface area (TPSA) is 12.0 Å². The molecule has 96 valence electrons. The summed E-state index contributed by atoms with van der Waals surface area (Å²) in [6.07, 6.45) is 0. The first-order valence-electron chi connectivity index (χ1n) is 5.10. The van der Waals surface area contributed by atoms with E-state index in [1.807, 2.05) is 0 Å². The number of benzene rings is 1. The summed E-state index contributed by atoms with van der Waals surface area (Å²) < 4.78 is 41.2. The molecular weight excluding hydrogens is 327 g/mol. The molecule has 0 fully saturated rings. The van der Waals surface area contributed by atoms with Gasteiger partial charge in [0.2, 0.25) is 0 Å². The zero-order chi connectivity index (χ0) is 13.3. The van der Waals surface area contributed by atoms with Crippen LogP contribution in [0.1, 0.15) is 16.5 Å². The van der Waals surface area contributed by atoms with Crippen molar-refractivity contribution in [3.8, 4) is 0 Å². The van der Waals surface area contributed by atoms with Crippen LogP contribution in [-0.4, -0.2) is 7.05 Å². The Morgan fingerprint density at radius 1 is 1.17 bits per heavy atom. The molecule has 0 amide bonds. The van der Waals surface area contributed by atoms with E-state index in [-0.39, 0.29) is 5.56 Å². The highest BCUT2D eigenvalue weighted by atomic mass is 79.9. The normalized spacial score (nSPS) is 12.7. The van der Waals surface area contributed by atoms with Crippen LogP contribution in [0, 0.1) is 17.5 Å². The summed E-state index contributed by atoms with van der Waals surface area (Å²) in [7, 11) is 1.60. The number of nitrogens with one attached hydrogen (secondary N) is 1. The van der Waals surface area contributed by atoms with Gasteiger partial charge in [0.15, 0.2) is 0 Å². The van der Waals surface area contributed by atoms with Crippen LogP contribution in [0.4, 0.5) is 13.2 Å². The quantitative estimate of drug-likeness (QED) is 0.884. The molecule has 0 saturated heterocycles. The van der Waals surface area contributed by atoms with E-state index in [2.05, 4.69) is 21.2 Å². The van der Waals surface area contributed by atoms with Crippen molar-refractivity contribution in [3.63, 3.8) is 0 Å². The lowest BCUT2D eigenvalue weighted by molar-refractivity contribution is 0.502. The average molecular weight is 336 g/mol. The van der Waals surface area contributed by atoms with E-state index in [0.29, 0.717) is 12.1 Å². The number of thiophene rings is 1. The molecule has 0 aliphatic heterocycles. The molecule has 6 heteroatoms. The fourth-order valence-corrected chi connectivity index (χ4v) is 3.29. The van der Waals surface area contributed by atoms with Gasteiger partial charge in [0.1, 0.15) is 17.5 Å². The molecule has 0 bridgehead atoms. The molecule has 2 rings (SSSR count). The van der Waals surface area contributed by atoms with Gasteiger partial charge in [-0.15, -0.1) is 11.3 Å². The summed E-state index contributed by atoms with van der Waals surface area (Å²) in [5.74, 6) is -2.70. The smallest absolute Gasteiger partial charge is 0.134 e. The molecule has 1 aromatic carbocycles. The van der Waals surface area contributed by atoms with Gasteiger partial charge in [0, 0.05) is 22.6 Å². The van der Waals surface area contributed by atoms with Gasteiger partial charge in [-0.25, -0.2) is 13.2 Å². The van der Waals surface area contributed by atoms with Crippen LogP contribution in [0.3, 0.4) is 0 Å². The fourth-order valence-electron chi connectivity index (χ4n) is 1.74. The molecule has 1 N–H and O–H groups in total. The summed E-state index contributed by atoms with van der Waals surface area (Å²) in [6, 6.07) is 4.29. The van der Waals surface area contributed by atoms with Crippen molar-refractivity contribution in [1.29, 1.82) is 0 Å². The Morgan fingerprint density at radius 2 is 1.78 bits per heavy atom. The molecule has 1 unspecified atom stereocenters. The third-order valence-corrected chi connectivity index (χ3v) is 4.19. The van der Waals surface area contributed by atoms with Gasteiger partial charge < -0.3 is 5.32 Å². The van der Waals surface area contributed by atoms with Crippen molar-refractivity contribution in [2.24, 2.45) is 0 Å². The van der Waals surface area contributed by atoms with Gasteiger partial charge in [-0.05, 0) is 35.1 Å². The Morgan fingerprint density at radius 3 is 2.22 bits per heavy atom. The van der Waals surface area contributed by atoms with E-state index in [1.54, 1.807) is 19.2 Å². The Bertz CT molecular complexity index is 547. The second-order valence-corrected chi connectivity index (χ2v) is 6.14. The van der Waals surface area contributed by atoms with Gasteiger partial charge in [-0.1, -0.05) is 0 Å². The minimum absolute atomic E-state index is 0.173. The predicted octanol–water partition coefficient (Wildman–Crippen LogP) is 4.24. The number of rotatable bonds is 3. The first-order chi connectivity index (χ1) is 8.52. The van der Waals surface area contributed by atoms with E-state index in [0.717, 1.165) is 8.66 Å². The maximum Gasteiger partial charge on any atom is 0.134 e. The second kappa shape index (κ2) is 5.42. The molecule has 18 heavy (non-hydrogen) atoms. The van der Waals surface area contributed by atoms with Crippen molar-refractivity contribution in [2.45, 2.75) is 6.04 Å². The first-order valence-corrected chi connectivity index (χ1v) is 6.71. The van der Waals surface area contributed by atoms with Crippen molar-refractivity contribution in [3.05, 3.63) is 55.9 Å². The zero-order valence-corrected chi connectivity index (χ0v) is 11.7. The van der Waals surface area contributed by atoms with Crippen molar-refractivity contribution in [2.75, 3.05) is 7.05 Å². The fraction of sp³-hybridized carbons (Fsp3) is 0.167. The SMILES string of the molecule is CNC(c1ccc(Br)s1)c1c(F)cc(F)cc1F. The van der Waals surface area contributed by atoms with Crippen molar-refractivity contribution >= 4 is 27.3 Å². The Balaban J connectivity index is 2.51. The molecule has 1 heterocycles. The Hall–Kier alpha value is -0.850. The van der Waals surface area contributed by atoms with Gasteiger partial charge in [-0.2, -0.15) is 0 Å². The lowest BCUT2D eigenvalue weighted by Crippen LogP contribution is -2.19. The maximum atomic E-state index is 13.7. The van der Waals surface area contributed by atoms with Crippen LogP contribution < -0.4 is 5.32 Å². The number of halogens is 4. The Kier molecular flexibility index (Phi) is 4.09. The molecule has 2 aromatic rings. The van der Waals surface area contributed by atoms with E-state index >= 15 is 0 Å². The van der Waals surface area contributed by atoms with Crippen LogP contribution in [0.2, 0.25) is 0 Å². The van der Waals surface area contributed by atoms with Crippen LogP contribution >= 0.6 is 27.3 Å². The monoisotopic (exact) mass is 335 g/mol. The van der Waals surface area contributed by atoms with E-state index in [4.69, 9.17) is 0 Å². The molecule has 0 saturated carbocycles. The largest absolute Gasteiger partial charge is 0.308 e. The molecule has 1 atom stereocenters. The highest BCUT2D eigenvalue weighted by Gasteiger charge is 2.22. The van der Waals surface area contributed by atoms with Gasteiger partial charge in [0.25, 0.3) is 0 Å². The van der Waals surface area contributed by atoms with E-state index < -0.39 is 23.5 Å². The minimum Gasteiger partial charge on any atom is -0.308 e. The molecule has 0 aliphatic carbocycles. The summed E-state index contributed by atoms with van der Waals surface area (Å²) in [5, 5.41) is 2.84. The third-order valence-electron chi connectivity index (χ3n) is 2.50. The van der Waals surface area contributed by atoms with Crippen LogP contribution in [0.5, 0.6) is 0 Å². The lowest BCUT2D eigenvalue weighted by atomic mass is 10.0. The summed E-state index contributed by atoms with van der Waals surface area (Å²) in [4.78, 5) is 0.744. The summed E-state index contributed by atoms with van der Waals surface area (Å²) >= 11 is 4.66. The molecular formula is C12H9BrF3NS. The molecule has 1 aromatic heterocycles. The highest BCUT2D eigenvalue weighted by molar-refractivity contribution is 9.11. The molecule has 0 spiro atoms. The summed E-state index contributed by atoms with van der Waals surface area (Å²) in [5.41, 5.74) is -0.173. The van der Waals surface area contributed by atoms with E-state index in [9.17, 15) is 13.2 Å². The predicted molar refractivity (Wildman–Crippen MR) is 69.2 cm³/mol. The molecule has 0 aliphatic rings. The van der Waals surface area contributed by atoms with Gasteiger partial charge in [-0.3, -0.25) is 0 Å². The highest BCUT2D eigenvalue weighted by Crippen LogP contribution is 2.33. The minimum atomic E-state index is -0.920. The third kappa shape index (κ3) is 2.60. The first kappa shape index (κ1) is 13.6. The zero-order valence-electron chi connectivity index (χ0n) is 9.31. The van der Waals surface area contributed by atoms with E-state index in [1.165, 1.54) is 11.3 Å². The second-order valence-electron chi connectivity index (χ2n) is 3.65. The maximum absolute atomic E-state index is 13.7. The molecule has 1 nitrogen and oxygen atoms in total. The average Bonchev–Trinajstić information content (AvgIpc) is 2.69. The molecule has 0 radical (unpaired) electrons. The lowest BCUT2D eigenvalue weighted by Gasteiger charge is -2.16. The van der Waals surface area contributed by atoms with Gasteiger partial charge in [0.05, 0.1) is 9.83 Å². The van der Waals surface area contributed by atoms with Crippen LogP contribution in [-0.2, 0) is 0 Å².